The number of pyridine rings is 3. The van der Waals surface area contributed by atoms with Gasteiger partial charge in [-0.3, -0.25) is 4.98 Å². The van der Waals surface area contributed by atoms with Crippen molar-refractivity contribution < 1.29 is 13.9 Å². The maximum Gasteiger partial charge on any atom is 0.358 e. The first-order chi connectivity index (χ1) is 18.3. The lowest BCUT2D eigenvalue weighted by molar-refractivity contribution is 0.0595. The van der Waals surface area contributed by atoms with E-state index in [1.54, 1.807) is 36.7 Å². The molecule has 190 valence electrons. The second-order valence-corrected chi connectivity index (χ2v) is 9.32. The van der Waals surface area contributed by atoms with E-state index < -0.39 is 5.97 Å². The molecule has 0 saturated carbocycles. The van der Waals surface area contributed by atoms with E-state index in [4.69, 9.17) is 21.3 Å². The van der Waals surface area contributed by atoms with E-state index in [-0.39, 0.29) is 22.7 Å². The molecule has 0 fully saturated rings. The van der Waals surface area contributed by atoms with Gasteiger partial charge in [-0.15, -0.1) is 0 Å². The molecular formula is C30H24ClFN4O2. The molecular weight excluding hydrogens is 503 g/mol. The minimum atomic E-state index is -0.585. The van der Waals surface area contributed by atoms with Gasteiger partial charge in [0.1, 0.15) is 11.0 Å². The number of carbonyl (C=O) groups excluding carboxylic acids is 1. The predicted molar refractivity (Wildman–Crippen MR) is 148 cm³/mol. The van der Waals surface area contributed by atoms with Gasteiger partial charge in [0.2, 0.25) is 0 Å². The molecule has 0 aliphatic carbocycles. The lowest BCUT2D eigenvalue weighted by atomic mass is 9.93. The van der Waals surface area contributed by atoms with Crippen molar-refractivity contribution in [2.75, 3.05) is 12.4 Å². The van der Waals surface area contributed by atoms with Gasteiger partial charge in [0.15, 0.2) is 5.69 Å². The Labute approximate surface area is 224 Å². The van der Waals surface area contributed by atoms with E-state index in [0.29, 0.717) is 5.69 Å². The van der Waals surface area contributed by atoms with Crippen LogP contribution in [0.15, 0.2) is 79.1 Å². The number of nitrogens with one attached hydrogen (secondary N) is 1. The van der Waals surface area contributed by atoms with Crippen LogP contribution in [0.25, 0.3) is 33.3 Å². The summed E-state index contributed by atoms with van der Waals surface area (Å²) in [6.45, 7) is 4.01. The van der Waals surface area contributed by atoms with Crippen LogP contribution in [0.2, 0.25) is 5.15 Å². The van der Waals surface area contributed by atoms with Crippen LogP contribution in [0, 0.1) is 12.7 Å². The van der Waals surface area contributed by atoms with Crippen molar-refractivity contribution in [2.24, 2.45) is 0 Å². The van der Waals surface area contributed by atoms with Gasteiger partial charge in [-0.05, 0) is 79.1 Å². The van der Waals surface area contributed by atoms with Crippen LogP contribution in [-0.2, 0) is 4.74 Å². The average Bonchev–Trinajstić information content (AvgIpc) is 2.93. The molecule has 1 atom stereocenters. The third kappa shape index (κ3) is 5.06. The van der Waals surface area contributed by atoms with Crippen molar-refractivity contribution in [2.45, 2.75) is 19.9 Å². The summed E-state index contributed by atoms with van der Waals surface area (Å²) >= 11 is 6.04. The molecule has 1 N–H and O–H groups in total. The summed E-state index contributed by atoms with van der Waals surface area (Å²) in [6, 6.07) is 19.5. The maximum absolute atomic E-state index is 13.8. The summed E-state index contributed by atoms with van der Waals surface area (Å²) in [5.74, 6) is -0.890. The first-order valence-electron chi connectivity index (χ1n) is 12.0. The van der Waals surface area contributed by atoms with Crippen LogP contribution in [0.4, 0.5) is 10.1 Å². The fraction of sp³-hybridized carbons (Fsp3) is 0.133. The summed E-state index contributed by atoms with van der Waals surface area (Å²) in [5, 5.41) is 4.51. The van der Waals surface area contributed by atoms with E-state index >= 15 is 0 Å². The second-order valence-electron chi connectivity index (χ2n) is 8.94. The van der Waals surface area contributed by atoms with Crippen LogP contribution in [0.1, 0.15) is 34.6 Å². The summed E-state index contributed by atoms with van der Waals surface area (Å²) < 4.78 is 18.7. The largest absolute Gasteiger partial charge is 0.464 e. The highest BCUT2D eigenvalue weighted by molar-refractivity contribution is 6.29. The minimum Gasteiger partial charge on any atom is -0.464 e. The lowest BCUT2D eigenvalue weighted by Crippen LogP contribution is -2.14. The number of carbonyl (C=O) groups is 1. The molecule has 0 spiro atoms. The summed E-state index contributed by atoms with van der Waals surface area (Å²) in [6.07, 6.45) is 3.45. The van der Waals surface area contributed by atoms with Gasteiger partial charge in [-0.25, -0.2) is 19.2 Å². The van der Waals surface area contributed by atoms with Gasteiger partial charge in [0.25, 0.3) is 0 Å². The standard InChI is InChI=1S/C30H24ClFN4O2/c1-17-14-22(18(2)34-25-8-9-27(31)36-29(25)30(37)38-3)24-16-23(19-4-6-21(32)7-5-19)28(35-26(24)15-17)20-10-12-33-13-11-20/h4-16,18,34H,1-3H3. The van der Waals surface area contributed by atoms with Gasteiger partial charge in [0, 0.05) is 34.9 Å². The summed E-state index contributed by atoms with van der Waals surface area (Å²) in [5.41, 5.74) is 6.82. The number of esters is 1. The number of halogens is 2. The predicted octanol–water partition coefficient (Wildman–Crippen LogP) is 7.42. The van der Waals surface area contributed by atoms with Gasteiger partial charge in [-0.2, -0.15) is 0 Å². The molecule has 6 nitrogen and oxygen atoms in total. The molecule has 0 aliphatic heterocycles. The number of hydrogen-bond donors (Lipinski definition) is 1. The number of aryl methyl sites for hydroxylation is 1. The van der Waals surface area contributed by atoms with E-state index in [0.717, 1.165) is 44.4 Å². The number of nitrogens with zero attached hydrogens (tertiary/aromatic N) is 3. The Morgan fingerprint density at radius 2 is 1.71 bits per heavy atom. The van der Waals surface area contributed by atoms with Crippen molar-refractivity contribution in [3.8, 4) is 22.4 Å². The molecule has 5 aromatic rings. The third-order valence-electron chi connectivity index (χ3n) is 6.30. The lowest BCUT2D eigenvalue weighted by Gasteiger charge is -2.21. The second kappa shape index (κ2) is 10.6. The van der Waals surface area contributed by atoms with E-state index in [1.165, 1.54) is 19.2 Å². The smallest absolute Gasteiger partial charge is 0.358 e. The normalized spacial score (nSPS) is 11.8. The third-order valence-corrected chi connectivity index (χ3v) is 6.51. The molecule has 0 saturated heterocycles. The maximum atomic E-state index is 13.8. The Kier molecular flexibility index (Phi) is 7.03. The van der Waals surface area contributed by atoms with E-state index in [1.807, 2.05) is 32.0 Å². The number of rotatable bonds is 6. The zero-order chi connectivity index (χ0) is 26.8. The highest BCUT2D eigenvalue weighted by Gasteiger charge is 2.20. The molecule has 3 heterocycles. The van der Waals surface area contributed by atoms with Gasteiger partial charge < -0.3 is 10.1 Å². The number of ether oxygens (including phenoxy) is 1. The highest BCUT2D eigenvalue weighted by Crippen LogP contribution is 2.37. The molecule has 3 aromatic heterocycles. The quantitative estimate of drug-likeness (QED) is 0.183. The number of benzene rings is 2. The summed E-state index contributed by atoms with van der Waals surface area (Å²) in [7, 11) is 1.30. The number of aromatic nitrogens is 3. The zero-order valence-corrected chi connectivity index (χ0v) is 21.8. The zero-order valence-electron chi connectivity index (χ0n) is 21.0. The van der Waals surface area contributed by atoms with Crippen LogP contribution < -0.4 is 5.32 Å². The number of methoxy groups -OCH3 is 1. The molecule has 38 heavy (non-hydrogen) atoms. The van der Waals surface area contributed by atoms with Crippen molar-refractivity contribution in [1.29, 1.82) is 0 Å². The van der Waals surface area contributed by atoms with Crippen LogP contribution in [0.5, 0.6) is 0 Å². The first kappa shape index (κ1) is 25.3. The van der Waals surface area contributed by atoms with Crippen LogP contribution in [0.3, 0.4) is 0 Å². The Hall–Kier alpha value is -4.36. The monoisotopic (exact) mass is 526 g/mol. The topological polar surface area (TPSA) is 77.0 Å². The van der Waals surface area contributed by atoms with Crippen molar-refractivity contribution in [3.63, 3.8) is 0 Å². The van der Waals surface area contributed by atoms with Crippen molar-refractivity contribution in [3.05, 3.63) is 107 Å². The Balaban J connectivity index is 1.68. The van der Waals surface area contributed by atoms with Crippen LogP contribution >= 0.6 is 11.6 Å². The Morgan fingerprint density at radius 1 is 0.974 bits per heavy atom. The minimum absolute atomic E-state index is 0.105. The fourth-order valence-corrected chi connectivity index (χ4v) is 4.65. The van der Waals surface area contributed by atoms with E-state index in [2.05, 4.69) is 27.4 Å². The number of anilines is 1. The van der Waals surface area contributed by atoms with Crippen molar-refractivity contribution in [1.82, 2.24) is 15.0 Å². The Morgan fingerprint density at radius 3 is 2.42 bits per heavy atom. The number of hydrogen-bond acceptors (Lipinski definition) is 6. The van der Waals surface area contributed by atoms with Gasteiger partial charge in [0.05, 0.1) is 24.0 Å². The molecule has 8 heteroatoms. The molecule has 0 amide bonds. The van der Waals surface area contributed by atoms with Crippen molar-refractivity contribution >= 4 is 34.2 Å². The average molecular weight is 527 g/mol. The van der Waals surface area contributed by atoms with Gasteiger partial charge in [-0.1, -0.05) is 29.8 Å². The molecule has 0 bridgehead atoms. The molecule has 0 aliphatic rings. The molecule has 2 aromatic carbocycles. The van der Waals surface area contributed by atoms with Crippen LogP contribution in [-0.4, -0.2) is 28.0 Å². The fourth-order valence-electron chi connectivity index (χ4n) is 4.50. The SMILES string of the molecule is COC(=O)c1nc(Cl)ccc1NC(C)c1cc(C)cc2nc(-c3ccncc3)c(-c3ccc(F)cc3)cc12. The van der Waals surface area contributed by atoms with Gasteiger partial charge >= 0.3 is 5.97 Å². The molecule has 1 unspecified atom stereocenters. The van der Waals surface area contributed by atoms with E-state index in [9.17, 15) is 9.18 Å². The Bertz CT molecular complexity index is 1640. The summed E-state index contributed by atoms with van der Waals surface area (Å²) in [4.78, 5) is 25.7. The first-order valence-corrected chi connectivity index (χ1v) is 12.3. The molecule has 0 radical (unpaired) electrons. The number of fused-ring (bicyclic) bond motifs is 1. The highest BCUT2D eigenvalue weighted by atomic mass is 35.5. The molecule has 5 rings (SSSR count).